The van der Waals surface area contributed by atoms with E-state index >= 15 is 0 Å². The second kappa shape index (κ2) is 7.27. The Morgan fingerprint density at radius 3 is 2.46 bits per heavy atom. The summed E-state index contributed by atoms with van der Waals surface area (Å²) in [4.78, 5) is 26.6. The molecule has 1 amide bonds. The average molecular weight is 339 g/mol. The van der Waals surface area contributed by atoms with Crippen LogP contribution in [0.3, 0.4) is 0 Å². The molecule has 0 aliphatic rings. The summed E-state index contributed by atoms with van der Waals surface area (Å²) in [6.07, 6.45) is 0. The van der Waals surface area contributed by atoms with Crippen LogP contribution in [0.1, 0.15) is 16.6 Å². The van der Waals surface area contributed by atoms with Gasteiger partial charge in [0.25, 0.3) is 5.91 Å². The van der Waals surface area contributed by atoms with Crippen molar-refractivity contribution >= 4 is 39.0 Å². The van der Waals surface area contributed by atoms with Gasteiger partial charge in [0.05, 0.1) is 0 Å². The highest BCUT2D eigenvalue weighted by Crippen LogP contribution is 2.25. The van der Waals surface area contributed by atoms with Gasteiger partial charge < -0.3 is 9.64 Å². The summed E-state index contributed by atoms with van der Waals surface area (Å²) in [6, 6.07) is 18.9. The van der Waals surface area contributed by atoms with Crippen LogP contribution in [0.4, 0.5) is 5.69 Å². The van der Waals surface area contributed by atoms with Crippen LogP contribution in [0.25, 0.3) is 10.1 Å². The molecule has 2 aromatic carbocycles. The second-order valence-electron chi connectivity index (χ2n) is 5.20. The Morgan fingerprint density at radius 1 is 1.04 bits per heavy atom. The molecule has 1 heterocycles. The van der Waals surface area contributed by atoms with E-state index < -0.39 is 5.97 Å². The number of nitrogens with zero attached hydrogens (tertiary/aromatic N) is 1. The summed E-state index contributed by atoms with van der Waals surface area (Å²) in [5, 5.41) is 1.00. The van der Waals surface area contributed by atoms with E-state index in [0.29, 0.717) is 11.4 Å². The zero-order valence-corrected chi connectivity index (χ0v) is 14.1. The number of carbonyl (C=O) groups is 2. The first-order chi connectivity index (χ1) is 11.7. The van der Waals surface area contributed by atoms with Gasteiger partial charge in [-0.15, -0.1) is 11.3 Å². The van der Waals surface area contributed by atoms with Gasteiger partial charge in [-0.3, -0.25) is 4.79 Å². The van der Waals surface area contributed by atoms with E-state index in [-0.39, 0.29) is 12.5 Å². The monoisotopic (exact) mass is 339 g/mol. The number of carbonyl (C=O) groups excluding carboxylic acids is 2. The van der Waals surface area contributed by atoms with Crippen LogP contribution >= 0.6 is 11.3 Å². The Balaban J connectivity index is 1.65. The molecule has 1 aromatic heterocycles. The number of esters is 1. The number of hydrogen-bond acceptors (Lipinski definition) is 4. The third-order valence-electron chi connectivity index (χ3n) is 3.64. The van der Waals surface area contributed by atoms with Crippen molar-refractivity contribution in [2.45, 2.75) is 6.92 Å². The van der Waals surface area contributed by atoms with E-state index in [1.165, 1.54) is 11.3 Å². The van der Waals surface area contributed by atoms with Crippen molar-refractivity contribution in [2.24, 2.45) is 0 Å². The third-order valence-corrected chi connectivity index (χ3v) is 4.73. The number of hydrogen-bond donors (Lipinski definition) is 0. The number of fused-ring (bicyclic) bond motifs is 1. The van der Waals surface area contributed by atoms with E-state index in [1.807, 2.05) is 61.5 Å². The van der Waals surface area contributed by atoms with E-state index in [2.05, 4.69) is 0 Å². The van der Waals surface area contributed by atoms with Crippen molar-refractivity contribution in [3.63, 3.8) is 0 Å². The lowest BCUT2D eigenvalue weighted by Crippen LogP contribution is -2.34. The van der Waals surface area contributed by atoms with Crippen molar-refractivity contribution in [3.8, 4) is 0 Å². The highest BCUT2D eigenvalue weighted by molar-refractivity contribution is 7.20. The quantitative estimate of drug-likeness (QED) is 0.657. The maximum absolute atomic E-state index is 12.3. The lowest BCUT2D eigenvalue weighted by atomic mass is 10.2. The average Bonchev–Trinajstić information content (AvgIpc) is 3.05. The molecule has 0 saturated heterocycles. The molecular formula is C19H17NO3S. The van der Waals surface area contributed by atoms with Crippen LogP contribution in [-0.2, 0) is 9.53 Å². The molecule has 4 nitrogen and oxygen atoms in total. The van der Waals surface area contributed by atoms with Crippen LogP contribution in [0.15, 0.2) is 60.7 Å². The van der Waals surface area contributed by atoms with Gasteiger partial charge in [-0.1, -0.05) is 36.4 Å². The lowest BCUT2D eigenvalue weighted by Gasteiger charge is -2.20. The maximum Gasteiger partial charge on any atom is 0.348 e. The fourth-order valence-corrected chi connectivity index (χ4v) is 3.43. The Bertz CT molecular complexity index is 824. The SMILES string of the molecule is CCN(C(=O)COC(=O)c1cc2ccccc2s1)c1ccccc1. The molecule has 0 atom stereocenters. The van der Waals surface area contributed by atoms with Crippen molar-refractivity contribution in [2.75, 3.05) is 18.1 Å². The maximum atomic E-state index is 12.3. The van der Waals surface area contributed by atoms with Crippen molar-refractivity contribution in [3.05, 3.63) is 65.5 Å². The van der Waals surface area contributed by atoms with E-state index in [0.717, 1.165) is 15.8 Å². The Labute approximate surface area is 144 Å². The number of para-hydroxylation sites is 1. The number of ether oxygens (including phenoxy) is 1. The highest BCUT2D eigenvalue weighted by atomic mass is 32.1. The van der Waals surface area contributed by atoms with Gasteiger partial charge in [-0.05, 0) is 36.6 Å². The number of likely N-dealkylation sites (N-methyl/N-ethyl adjacent to an activating group) is 1. The first-order valence-electron chi connectivity index (χ1n) is 7.70. The number of thiophene rings is 1. The topological polar surface area (TPSA) is 46.6 Å². The predicted octanol–water partition coefficient (Wildman–Crippen LogP) is 4.11. The summed E-state index contributed by atoms with van der Waals surface area (Å²) in [5.74, 6) is -0.702. The van der Waals surface area contributed by atoms with Gasteiger partial charge in [-0.25, -0.2) is 4.79 Å². The molecule has 0 saturated carbocycles. The molecule has 122 valence electrons. The fourth-order valence-electron chi connectivity index (χ4n) is 2.47. The van der Waals surface area contributed by atoms with Gasteiger partial charge in [-0.2, -0.15) is 0 Å². The minimum Gasteiger partial charge on any atom is -0.451 e. The fraction of sp³-hybridized carbons (Fsp3) is 0.158. The molecule has 0 radical (unpaired) electrons. The molecule has 0 bridgehead atoms. The summed E-state index contributed by atoms with van der Waals surface area (Å²) in [5.41, 5.74) is 0.794. The molecule has 24 heavy (non-hydrogen) atoms. The standard InChI is InChI=1S/C19H17NO3S/c1-2-20(15-9-4-3-5-10-15)18(21)13-23-19(22)17-12-14-8-6-7-11-16(14)24-17/h3-12H,2,13H2,1H3. The molecule has 0 spiro atoms. The van der Waals surface area contributed by atoms with Gasteiger partial charge in [0, 0.05) is 16.9 Å². The summed E-state index contributed by atoms with van der Waals surface area (Å²) in [7, 11) is 0. The minimum absolute atomic E-state index is 0.238. The van der Waals surface area contributed by atoms with E-state index in [1.54, 1.807) is 11.0 Å². The zero-order valence-electron chi connectivity index (χ0n) is 13.3. The van der Waals surface area contributed by atoms with Crippen molar-refractivity contribution < 1.29 is 14.3 Å². The van der Waals surface area contributed by atoms with Gasteiger partial charge in [0.1, 0.15) is 4.88 Å². The molecule has 0 unspecified atom stereocenters. The van der Waals surface area contributed by atoms with E-state index in [9.17, 15) is 9.59 Å². The predicted molar refractivity (Wildman–Crippen MR) is 96.6 cm³/mol. The van der Waals surface area contributed by atoms with Crippen LogP contribution in [0.5, 0.6) is 0 Å². The first kappa shape index (κ1) is 16.2. The normalized spacial score (nSPS) is 10.5. The number of rotatable bonds is 5. The lowest BCUT2D eigenvalue weighted by molar-refractivity contribution is -0.121. The minimum atomic E-state index is -0.464. The largest absolute Gasteiger partial charge is 0.451 e. The summed E-state index contributed by atoms with van der Waals surface area (Å²) in [6.45, 7) is 2.14. The first-order valence-corrected chi connectivity index (χ1v) is 8.52. The number of anilines is 1. The molecule has 0 aliphatic carbocycles. The molecule has 3 rings (SSSR count). The highest BCUT2D eigenvalue weighted by Gasteiger charge is 2.17. The smallest absolute Gasteiger partial charge is 0.348 e. The number of amides is 1. The van der Waals surface area contributed by atoms with Gasteiger partial charge >= 0.3 is 5.97 Å². The van der Waals surface area contributed by atoms with Crippen LogP contribution < -0.4 is 4.90 Å². The molecular weight excluding hydrogens is 322 g/mol. The van der Waals surface area contributed by atoms with Gasteiger partial charge in [0.15, 0.2) is 6.61 Å². The summed E-state index contributed by atoms with van der Waals surface area (Å²) < 4.78 is 6.23. The molecule has 5 heteroatoms. The second-order valence-corrected chi connectivity index (χ2v) is 6.28. The molecule has 0 fully saturated rings. The molecule has 0 aliphatic heterocycles. The third kappa shape index (κ3) is 3.46. The van der Waals surface area contributed by atoms with Crippen LogP contribution in [-0.4, -0.2) is 25.0 Å². The molecule has 3 aromatic rings. The van der Waals surface area contributed by atoms with Crippen LogP contribution in [0, 0.1) is 0 Å². The van der Waals surface area contributed by atoms with Crippen molar-refractivity contribution in [1.29, 1.82) is 0 Å². The number of benzene rings is 2. The zero-order chi connectivity index (χ0) is 16.9. The van der Waals surface area contributed by atoms with E-state index in [4.69, 9.17) is 4.74 Å². The van der Waals surface area contributed by atoms with Gasteiger partial charge in [0.2, 0.25) is 0 Å². The Morgan fingerprint density at radius 2 is 1.75 bits per heavy atom. The Kier molecular flexibility index (Phi) is 4.91. The van der Waals surface area contributed by atoms with Crippen molar-refractivity contribution in [1.82, 2.24) is 0 Å². The molecule has 0 N–H and O–H groups in total. The Hall–Kier alpha value is -2.66. The summed E-state index contributed by atoms with van der Waals surface area (Å²) >= 11 is 1.37. The van der Waals surface area contributed by atoms with Crippen LogP contribution in [0.2, 0.25) is 0 Å².